The van der Waals surface area contributed by atoms with Crippen LogP contribution in [0.25, 0.3) is 0 Å². The minimum absolute atomic E-state index is 0.429. The second-order valence-electron chi connectivity index (χ2n) is 6.69. The van der Waals surface area contributed by atoms with Gasteiger partial charge in [0.1, 0.15) is 24.7 Å². The average molecular weight is 365 g/mol. The number of rotatable bonds is 4. The van der Waals surface area contributed by atoms with Crippen LogP contribution in [0.4, 0.5) is 0 Å². The molecule has 1 saturated heterocycles. The molecule has 0 spiro atoms. The Labute approximate surface area is 148 Å². The summed E-state index contributed by atoms with van der Waals surface area (Å²) in [6.45, 7) is 7.53. The molecule has 0 aliphatic carbocycles. The zero-order chi connectivity index (χ0) is 17.4. The molecule has 1 aromatic carbocycles. The molecular formula is C17H21ClN2O3Si. The Morgan fingerprint density at radius 2 is 1.75 bits per heavy atom. The third-order valence-corrected chi connectivity index (χ3v) is 6.15. The molecule has 2 heterocycles. The molecule has 5 nitrogen and oxygen atoms in total. The summed E-state index contributed by atoms with van der Waals surface area (Å²) in [7, 11) is -0.0274. The number of hydrogen-bond acceptors (Lipinski definition) is 5. The minimum Gasteiger partial charge on any atom is -0.497 e. The van der Waals surface area contributed by atoms with E-state index in [-0.39, 0.29) is 0 Å². The molecule has 1 fully saturated rings. The van der Waals surface area contributed by atoms with Gasteiger partial charge in [0.15, 0.2) is 0 Å². The van der Waals surface area contributed by atoms with Crippen LogP contribution < -0.4 is 10.1 Å². The van der Waals surface area contributed by atoms with Gasteiger partial charge in [0.25, 0.3) is 0 Å². The van der Waals surface area contributed by atoms with Crippen molar-refractivity contribution in [3.8, 4) is 5.75 Å². The molecule has 0 N–H and O–H groups in total. The van der Waals surface area contributed by atoms with Gasteiger partial charge in [-0.2, -0.15) is 0 Å². The van der Waals surface area contributed by atoms with Crippen LogP contribution in [0.3, 0.4) is 0 Å². The quantitative estimate of drug-likeness (QED) is 0.781. The minimum atomic E-state index is -1.66. The first kappa shape index (κ1) is 17.4. The Morgan fingerprint density at radius 1 is 1.12 bits per heavy atom. The van der Waals surface area contributed by atoms with Crippen LogP contribution in [0.15, 0.2) is 30.5 Å². The number of nitrogens with zero attached hydrogens (tertiary/aromatic N) is 2. The van der Waals surface area contributed by atoms with Gasteiger partial charge >= 0.3 is 0 Å². The second kappa shape index (κ2) is 6.44. The van der Waals surface area contributed by atoms with E-state index in [1.54, 1.807) is 13.3 Å². The van der Waals surface area contributed by atoms with Crippen molar-refractivity contribution in [1.29, 1.82) is 0 Å². The summed E-state index contributed by atoms with van der Waals surface area (Å²) in [4.78, 5) is 9.15. The van der Waals surface area contributed by atoms with Gasteiger partial charge in [-0.1, -0.05) is 31.2 Å². The number of hydrogen-bond donors (Lipinski definition) is 0. The summed E-state index contributed by atoms with van der Waals surface area (Å²) < 4.78 is 17.1. The predicted octanol–water partition coefficient (Wildman–Crippen LogP) is 2.93. The van der Waals surface area contributed by atoms with Gasteiger partial charge in [0, 0.05) is 5.56 Å². The highest BCUT2D eigenvalue weighted by atomic mass is 35.5. The van der Waals surface area contributed by atoms with Gasteiger partial charge in [-0.15, -0.1) is 0 Å². The molecule has 0 bridgehead atoms. The van der Waals surface area contributed by atoms with Gasteiger partial charge < -0.3 is 14.2 Å². The highest BCUT2D eigenvalue weighted by Crippen LogP contribution is 2.38. The van der Waals surface area contributed by atoms with Crippen molar-refractivity contribution in [3.63, 3.8) is 0 Å². The predicted molar refractivity (Wildman–Crippen MR) is 95.7 cm³/mol. The average Bonchev–Trinajstić information content (AvgIpc) is 3.04. The molecule has 0 atom stereocenters. The van der Waals surface area contributed by atoms with Crippen molar-refractivity contribution in [1.82, 2.24) is 9.97 Å². The lowest BCUT2D eigenvalue weighted by atomic mass is 10.0. The SMILES string of the molecule is COc1ccc(C2(c3cnc([Si](C)(C)C)c(Cl)n3)OCCO2)cc1. The molecule has 7 heteroatoms. The highest BCUT2D eigenvalue weighted by molar-refractivity contribution is 6.89. The maximum absolute atomic E-state index is 6.42. The summed E-state index contributed by atoms with van der Waals surface area (Å²) >= 11 is 6.42. The van der Waals surface area contributed by atoms with E-state index in [2.05, 4.69) is 29.6 Å². The first-order chi connectivity index (χ1) is 11.4. The van der Waals surface area contributed by atoms with Crippen molar-refractivity contribution < 1.29 is 14.2 Å². The van der Waals surface area contributed by atoms with E-state index < -0.39 is 13.9 Å². The lowest BCUT2D eigenvalue weighted by Crippen LogP contribution is -2.42. The number of methoxy groups -OCH3 is 1. The van der Waals surface area contributed by atoms with E-state index in [0.717, 1.165) is 16.6 Å². The topological polar surface area (TPSA) is 53.5 Å². The second-order valence-corrected chi connectivity index (χ2v) is 12.0. The Morgan fingerprint density at radius 3 is 2.25 bits per heavy atom. The van der Waals surface area contributed by atoms with Crippen LogP contribution in [-0.2, 0) is 15.3 Å². The Balaban J connectivity index is 2.06. The summed E-state index contributed by atoms with van der Waals surface area (Å²) in [5.41, 5.74) is 1.41. The molecule has 3 rings (SSSR count). The first-order valence-electron chi connectivity index (χ1n) is 7.83. The van der Waals surface area contributed by atoms with E-state index in [1.807, 2.05) is 24.3 Å². The van der Waals surface area contributed by atoms with Crippen LogP contribution in [0.5, 0.6) is 5.75 Å². The number of aromatic nitrogens is 2. The molecule has 1 aliphatic heterocycles. The summed E-state index contributed by atoms with van der Waals surface area (Å²) in [5, 5.41) is 1.31. The van der Waals surface area contributed by atoms with E-state index in [9.17, 15) is 0 Å². The van der Waals surface area contributed by atoms with Crippen LogP contribution in [0.1, 0.15) is 11.3 Å². The molecule has 1 aromatic heterocycles. The van der Waals surface area contributed by atoms with Gasteiger partial charge in [-0.25, -0.2) is 4.98 Å². The standard InChI is InChI=1S/C17H21ClN2O3Si/c1-21-13-7-5-12(6-8-13)17(22-9-10-23-17)14-11-19-16(15(18)20-14)24(2,3)4/h5-8,11H,9-10H2,1-4H3. The molecule has 1 aliphatic rings. The van der Waals surface area contributed by atoms with Crippen molar-refractivity contribution in [2.75, 3.05) is 20.3 Å². The molecule has 24 heavy (non-hydrogen) atoms. The fourth-order valence-corrected chi connectivity index (χ4v) is 4.83. The molecule has 0 unspecified atom stereocenters. The third-order valence-electron chi connectivity index (χ3n) is 3.94. The highest BCUT2D eigenvalue weighted by Gasteiger charge is 2.43. The third kappa shape index (κ3) is 3.07. The summed E-state index contributed by atoms with van der Waals surface area (Å²) in [6, 6.07) is 7.56. The lowest BCUT2D eigenvalue weighted by molar-refractivity contribution is -0.133. The van der Waals surface area contributed by atoms with Crippen molar-refractivity contribution in [2.24, 2.45) is 0 Å². The molecular weight excluding hydrogens is 344 g/mol. The van der Waals surface area contributed by atoms with Gasteiger partial charge in [-0.05, 0) is 24.3 Å². The van der Waals surface area contributed by atoms with E-state index in [4.69, 9.17) is 25.8 Å². The first-order valence-corrected chi connectivity index (χ1v) is 11.7. The smallest absolute Gasteiger partial charge is 0.241 e. The van der Waals surface area contributed by atoms with Gasteiger partial charge in [-0.3, -0.25) is 4.98 Å². The van der Waals surface area contributed by atoms with Crippen molar-refractivity contribution >= 4 is 25.0 Å². The maximum atomic E-state index is 6.42. The Kier molecular flexibility index (Phi) is 4.66. The van der Waals surface area contributed by atoms with E-state index >= 15 is 0 Å². The van der Waals surface area contributed by atoms with Crippen LogP contribution >= 0.6 is 11.6 Å². The van der Waals surface area contributed by atoms with Crippen LogP contribution in [-0.4, -0.2) is 38.4 Å². The monoisotopic (exact) mass is 364 g/mol. The molecule has 0 radical (unpaired) electrons. The molecule has 0 saturated carbocycles. The fraction of sp³-hybridized carbons (Fsp3) is 0.412. The summed E-state index contributed by atoms with van der Waals surface area (Å²) in [5.74, 6) is -0.300. The Bertz CT molecular complexity index is 726. The van der Waals surface area contributed by atoms with Crippen molar-refractivity contribution in [2.45, 2.75) is 25.4 Å². The largest absolute Gasteiger partial charge is 0.497 e. The van der Waals surface area contributed by atoms with Gasteiger partial charge in [0.2, 0.25) is 5.79 Å². The van der Waals surface area contributed by atoms with Crippen LogP contribution in [0.2, 0.25) is 24.8 Å². The Hall–Kier alpha value is -1.47. The zero-order valence-electron chi connectivity index (χ0n) is 14.3. The normalized spacial score (nSPS) is 17.0. The number of ether oxygens (including phenoxy) is 3. The van der Waals surface area contributed by atoms with Gasteiger partial charge in [0.05, 0.1) is 31.8 Å². The number of benzene rings is 1. The summed E-state index contributed by atoms with van der Waals surface area (Å²) in [6.07, 6.45) is 1.72. The van der Waals surface area contributed by atoms with Crippen LogP contribution in [0, 0.1) is 0 Å². The molecule has 128 valence electrons. The maximum Gasteiger partial charge on any atom is 0.241 e. The molecule has 2 aromatic rings. The lowest BCUT2D eigenvalue weighted by Gasteiger charge is -2.28. The van der Waals surface area contributed by atoms with E-state index in [1.165, 1.54) is 0 Å². The van der Waals surface area contributed by atoms with Crippen molar-refractivity contribution in [3.05, 3.63) is 46.9 Å². The molecule has 0 amide bonds. The zero-order valence-corrected chi connectivity index (χ0v) is 16.1. The fourth-order valence-electron chi connectivity index (χ4n) is 2.71. The number of halogens is 1. The van der Waals surface area contributed by atoms with E-state index in [0.29, 0.717) is 24.1 Å².